The fourth-order valence-corrected chi connectivity index (χ4v) is 4.29. The fourth-order valence-electron chi connectivity index (χ4n) is 3.89. The summed E-state index contributed by atoms with van der Waals surface area (Å²) in [6.45, 7) is 1.80. The van der Waals surface area contributed by atoms with Crippen molar-refractivity contribution in [2.45, 2.75) is 24.8 Å². The van der Waals surface area contributed by atoms with Crippen molar-refractivity contribution in [1.82, 2.24) is 14.9 Å². The van der Waals surface area contributed by atoms with E-state index in [4.69, 9.17) is 4.74 Å². The molecule has 1 saturated heterocycles. The standard InChI is InChI=1S/C22H22BrN3O3/c23-17-5-3-4-16(12-17)22(8-10-29-11-9-22)15-25-20(27)14-26-19-7-2-1-6-18(19)24-13-21(26)28/h1-7,12-13H,8-11,14-15H2,(H,25,27). The second-order valence-electron chi connectivity index (χ2n) is 7.35. The van der Waals surface area contributed by atoms with Crippen molar-refractivity contribution in [3.63, 3.8) is 0 Å². The average Bonchev–Trinajstić information content (AvgIpc) is 2.75. The predicted molar refractivity (Wildman–Crippen MR) is 115 cm³/mol. The SMILES string of the molecule is O=C(Cn1c(=O)cnc2ccccc21)NCC1(c2cccc(Br)c2)CCOCC1. The first-order chi connectivity index (χ1) is 14.1. The van der Waals surface area contributed by atoms with Crippen LogP contribution in [0.5, 0.6) is 0 Å². The molecule has 0 spiro atoms. The van der Waals surface area contributed by atoms with Gasteiger partial charge in [0.05, 0.1) is 17.2 Å². The highest BCUT2D eigenvalue weighted by atomic mass is 79.9. The van der Waals surface area contributed by atoms with Crippen LogP contribution in [0.25, 0.3) is 11.0 Å². The summed E-state index contributed by atoms with van der Waals surface area (Å²) in [4.78, 5) is 29.2. The summed E-state index contributed by atoms with van der Waals surface area (Å²) >= 11 is 3.55. The molecule has 7 heteroatoms. The Morgan fingerprint density at radius 1 is 1.17 bits per heavy atom. The molecule has 29 heavy (non-hydrogen) atoms. The number of fused-ring (bicyclic) bond motifs is 1. The first-order valence-electron chi connectivity index (χ1n) is 9.62. The first kappa shape index (κ1) is 19.8. The summed E-state index contributed by atoms with van der Waals surface area (Å²) in [6, 6.07) is 15.5. The lowest BCUT2D eigenvalue weighted by Crippen LogP contribution is -2.45. The number of carbonyl (C=O) groups excluding carboxylic acids is 1. The van der Waals surface area contributed by atoms with Gasteiger partial charge >= 0.3 is 0 Å². The van der Waals surface area contributed by atoms with Gasteiger partial charge in [0.1, 0.15) is 6.54 Å². The Morgan fingerprint density at radius 3 is 2.76 bits per heavy atom. The molecule has 2 aromatic carbocycles. The van der Waals surface area contributed by atoms with Crippen LogP contribution in [0.3, 0.4) is 0 Å². The zero-order valence-corrected chi connectivity index (χ0v) is 17.5. The number of aromatic nitrogens is 2. The molecule has 1 aliphatic rings. The van der Waals surface area contributed by atoms with E-state index in [1.165, 1.54) is 16.3 Å². The monoisotopic (exact) mass is 455 g/mol. The van der Waals surface area contributed by atoms with Crippen LogP contribution in [0.2, 0.25) is 0 Å². The topological polar surface area (TPSA) is 73.2 Å². The smallest absolute Gasteiger partial charge is 0.269 e. The Morgan fingerprint density at radius 2 is 1.97 bits per heavy atom. The Hall–Kier alpha value is -2.51. The molecule has 150 valence electrons. The van der Waals surface area contributed by atoms with Crippen molar-refractivity contribution in [2.75, 3.05) is 19.8 Å². The number of nitrogens with one attached hydrogen (secondary N) is 1. The molecule has 1 N–H and O–H groups in total. The van der Waals surface area contributed by atoms with Crippen LogP contribution in [-0.4, -0.2) is 35.2 Å². The second-order valence-corrected chi connectivity index (χ2v) is 8.27. The molecule has 6 nitrogen and oxygen atoms in total. The second kappa shape index (κ2) is 8.47. The number of carbonyl (C=O) groups is 1. The van der Waals surface area contributed by atoms with Gasteiger partial charge in [-0.05, 0) is 42.7 Å². The number of nitrogens with zero attached hydrogens (tertiary/aromatic N) is 2. The van der Waals surface area contributed by atoms with Crippen LogP contribution >= 0.6 is 15.9 Å². The van der Waals surface area contributed by atoms with E-state index in [9.17, 15) is 9.59 Å². The molecule has 0 radical (unpaired) electrons. The minimum Gasteiger partial charge on any atom is -0.381 e. The number of amides is 1. The number of hydrogen-bond acceptors (Lipinski definition) is 4. The molecular weight excluding hydrogens is 434 g/mol. The third-order valence-electron chi connectivity index (χ3n) is 5.57. The van der Waals surface area contributed by atoms with Crippen LogP contribution in [0.1, 0.15) is 18.4 Å². The Balaban J connectivity index is 1.54. The summed E-state index contributed by atoms with van der Waals surface area (Å²) < 4.78 is 8.05. The lowest BCUT2D eigenvalue weighted by Gasteiger charge is -2.38. The molecule has 4 rings (SSSR count). The predicted octanol–water partition coefficient (Wildman–Crippen LogP) is 3.02. The van der Waals surface area contributed by atoms with Crippen LogP contribution in [0.15, 0.2) is 64.0 Å². The van der Waals surface area contributed by atoms with Gasteiger partial charge in [-0.3, -0.25) is 14.2 Å². The lowest BCUT2D eigenvalue weighted by molar-refractivity contribution is -0.122. The average molecular weight is 456 g/mol. The molecule has 3 aromatic rings. The van der Waals surface area contributed by atoms with Crippen LogP contribution < -0.4 is 10.9 Å². The molecule has 2 heterocycles. The number of halogens is 1. The summed E-state index contributed by atoms with van der Waals surface area (Å²) in [5, 5.41) is 3.06. The van der Waals surface area contributed by atoms with Crippen molar-refractivity contribution >= 4 is 32.9 Å². The third kappa shape index (κ3) is 4.26. The molecule has 0 saturated carbocycles. The Kier molecular flexibility index (Phi) is 5.78. The largest absolute Gasteiger partial charge is 0.381 e. The van der Waals surface area contributed by atoms with Gasteiger partial charge in [0.15, 0.2) is 0 Å². The zero-order valence-electron chi connectivity index (χ0n) is 15.9. The van der Waals surface area contributed by atoms with Gasteiger partial charge in [-0.2, -0.15) is 0 Å². The van der Waals surface area contributed by atoms with Gasteiger partial charge in [0.25, 0.3) is 5.56 Å². The highest BCUT2D eigenvalue weighted by molar-refractivity contribution is 9.10. The highest BCUT2D eigenvalue weighted by Crippen LogP contribution is 2.35. The summed E-state index contributed by atoms with van der Waals surface area (Å²) in [5.41, 5.74) is 2.06. The van der Waals surface area contributed by atoms with E-state index >= 15 is 0 Å². The number of rotatable bonds is 5. The van der Waals surface area contributed by atoms with Gasteiger partial charge in [-0.15, -0.1) is 0 Å². The molecule has 1 aromatic heterocycles. The summed E-state index contributed by atoms with van der Waals surface area (Å²) in [6.07, 6.45) is 2.93. The zero-order chi connectivity index (χ0) is 20.3. The maximum absolute atomic E-state index is 12.8. The minimum absolute atomic E-state index is 0.0348. The maximum atomic E-state index is 12.8. The summed E-state index contributed by atoms with van der Waals surface area (Å²) in [7, 11) is 0. The van der Waals surface area contributed by atoms with Crippen molar-refractivity contribution in [3.05, 3.63) is 75.1 Å². The van der Waals surface area contributed by atoms with E-state index in [1.807, 2.05) is 30.3 Å². The first-order valence-corrected chi connectivity index (χ1v) is 10.4. The van der Waals surface area contributed by atoms with Crippen LogP contribution in [0.4, 0.5) is 0 Å². The third-order valence-corrected chi connectivity index (χ3v) is 6.06. The van der Waals surface area contributed by atoms with E-state index < -0.39 is 0 Å². The Labute approximate surface area is 177 Å². The molecular formula is C22H22BrN3O3. The minimum atomic E-state index is -0.286. The fraction of sp³-hybridized carbons (Fsp3) is 0.318. The van der Waals surface area contributed by atoms with E-state index in [2.05, 4.69) is 38.4 Å². The number of ether oxygens (including phenoxy) is 1. The van der Waals surface area contributed by atoms with Crippen molar-refractivity contribution in [3.8, 4) is 0 Å². The molecule has 0 atom stereocenters. The highest BCUT2D eigenvalue weighted by Gasteiger charge is 2.35. The van der Waals surface area contributed by atoms with Crippen molar-refractivity contribution < 1.29 is 9.53 Å². The van der Waals surface area contributed by atoms with Gasteiger partial charge < -0.3 is 10.1 Å². The van der Waals surface area contributed by atoms with E-state index in [-0.39, 0.29) is 23.4 Å². The molecule has 0 unspecified atom stereocenters. The van der Waals surface area contributed by atoms with Crippen molar-refractivity contribution in [2.24, 2.45) is 0 Å². The van der Waals surface area contributed by atoms with Crippen molar-refractivity contribution in [1.29, 1.82) is 0 Å². The molecule has 1 aliphatic heterocycles. The molecule has 0 bridgehead atoms. The lowest BCUT2D eigenvalue weighted by atomic mass is 9.74. The van der Waals surface area contributed by atoms with E-state index in [0.29, 0.717) is 30.8 Å². The van der Waals surface area contributed by atoms with Crippen LogP contribution in [0, 0.1) is 0 Å². The normalized spacial score (nSPS) is 15.9. The van der Waals surface area contributed by atoms with E-state index in [1.54, 1.807) is 6.07 Å². The summed E-state index contributed by atoms with van der Waals surface area (Å²) in [5.74, 6) is -0.190. The van der Waals surface area contributed by atoms with Gasteiger partial charge in [0.2, 0.25) is 5.91 Å². The molecule has 1 amide bonds. The van der Waals surface area contributed by atoms with Gasteiger partial charge in [-0.25, -0.2) is 4.98 Å². The molecule has 1 fully saturated rings. The van der Waals surface area contributed by atoms with Crippen LogP contribution in [-0.2, 0) is 21.5 Å². The molecule has 0 aliphatic carbocycles. The number of para-hydroxylation sites is 2. The number of benzene rings is 2. The van der Waals surface area contributed by atoms with E-state index in [0.717, 1.165) is 17.3 Å². The maximum Gasteiger partial charge on any atom is 0.269 e. The van der Waals surface area contributed by atoms with Gasteiger partial charge in [0, 0.05) is 29.6 Å². The Bertz CT molecular complexity index is 1090. The quantitative estimate of drug-likeness (QED) is 0.641. The van der Waals surface area contributed by atoms with Gasteiger partial charge in [-0.1, -0.05) is 40.2 Å². The number of hydrogen-bond donors (Lipinski definition) is 1.